The summed E-state index contributed by atoms with van der Waals surface area (Å²) < 4.78 is 5.32. The van der Waals surface area contributed by atoms with Crippen LogP contribution in [0.5, 0.6) is 0 Å². The van der Waals surface area contributed by atoms with Gasteiger partial charge in [-0.3, -0.25) is 4.79 Å². The number of hydrogen-bond acceptors (Lipinski definition) is 3. The van der Waals surface area contributed by atoms with Crippen molar-refractivity contribution in [1.82, 2.24) is 5.32 Å². The van der Waals surface area contributed by atoms with Gasteiger partial charge in [-0.15, -0.1) is 0 Å². The molecule has 1 aromatic heterocycles. The molecule has 0 spiro atoms. The van der Waals surface area contributed by atoms with E-state index in [0.29, 0.717) is 6.54 Å². The first-order chi connectivity index (χ1) is 7.81. The van der Waals surface area contributed by atoms with Gasteiger partial charge in [0.1, 0.15) is 12.0 Å². The maximum Gasteiger partial charge on any atom is 0.234 e. The maximum absolute atomic E-state index is 11.1. The van der Waals surface area contributed by atoms with Crippen molar-refractivity contribution in [3.05, 3.63) is 36.1 Å². The Morgan fingerprint density at radius 2 is 2.25 bits per heavy atom. The molecule has 0 fully saturated rings. The Morgan fingerprint density at radius 3 is 3.06 bits per heavy atom. The van der Waals surface area contributed by atoms with E-state index in [9.17, 15) is 4.79 Å². The van der Waals surface area contributed by atoms with Gasteiger partial charge in [0.15, 0.2) is 0 Å². The molecule has 0 bridgehead atoms. The second-order valence-corrected chi connectivity index (χ2v) is 3.37. The van der Waals surface area contributed by atoms with Gasteiger partial charge < -0.3 is 9.73 Å². The summed E-state index contributed by atoms with van der Waals surface area (Å²) in [5, 5.41) is 12.0. The van der Waals surface area contributed by atoms with Crippen LogP contribution >= 0.6 is 0 Å². The SMILES string of the molecule is N#CCC(=O)NCc1coc2ccccc12. The van der Waals surface area contributed by atoms with Crippen molar-refractivity contribution in [2.24, 2.45) is 0 Å². The molecule has 2 rings (SSSR count). The number of carbonyl (C=O) groups is 1. The average molecular weight is 214 g/mol. The first kappa shape index (κ1) is 10.2. The normalized spacial score (nSPS) is 9.94. The van der Waals surface area contributed by atoms with Gasteiger partial charge in [0, 0.05) is 17.5 Å². The van der Waals surface area contributed by atoms with Crippen LogP contribution < -0.4 is 5.32 Å². The first-order valence-electron chi connectivity index (χ1n) is 4.90. The zero-order chi connectivity index (χ0) is 11.4. The van der Waals surface area contributed by atoms with Gasteiger partial charge in [-0.2, -0.15) is 5.26 Å². The Balaban J connectivity index is 2.11. The molecule has 0 aliphatic rings. The van der Waals surface area contributed by atoms with Gasteiger partial charge in [0.2, 0.25) is 5.91 Å². The zero-order valence-corrected chi connectivity index (χ0v) is 8.56. The molecule has 16 heavy (non-hydrogen) atoms. The fourth-order valence-electron chi connectivity index (χ4n) is 1.50. The van der Waals surface area contributed by atoms with Crippen molar-refractivity contribution in [2.45, 2.75) is 13.0 Å². The van der Waals surface area contributed by atoms with Crippen LogP contribution in [0.3, 0.4) is 0 Å². The second-order valence-electron chi connectivity index (χ2n) is 3.37. The van der Waals surface area contributed by atoms with Crippen LogP contribution in [0.4, 0.5) is 0 Å². The van der Waals surface area contributed by atoms with Gasteiger partial charge in [-0.1, -0.05) is 18.2 Å². The van der Waals surface area contributed by atoms with E-state index in [1.165, 1.54) is 0 Å². The summed E-state index contributed by atoms with van der Waals surface area (Å²) in [5.41, 5.74) is 1.72. The van der Waals surface area contributed by atoms with Crippen LogP contribution in [0, 0.1) is 11.3 Å². The highest BCUT2D eigenvalue weighted by atomic mass is 16.3. The van der Waals surface area contributed by atoms with Crippen LogP contribution in [0.1, 0.15) is 12.0 Å². The third-order valence-corrected chi connectivity index (χ3v) is 2.28. The summed E-state index contributed by atoms with van der Waals surface area (Å²) in [6.07, 6.45) is 1.51. The fraction of sp³-hybridized carbons (Fsp3) is 0.167. The molecular weight excluding hydrogens is 204 g/mol. The van der Waals surface area contributed by atoms with Crippen molar-refractivity contribution in [3.8, 4) is 6.07 Å². The molecule has 0 aliphatic carbocycles. The number of benzene rings is 1. The number of para-hydroxylation sites is 1. The third kappa shape index (κ3) is 2.04. The number of nitrogens with zero attached hydrogens (tertiary/aromatic N) is 1. The Bertz CT molecular complexity index is 551. The monoisotopic (exact) mass is 214 g/mol. The van der Waals surface area contributed by atoms with E-state index in [0.717, 1.165) is 16.5 Å². The molecule has 2 aromatic rings. The van der Waals surface area contributed by atoms with Crippen molar-refractivity contribution in [3.63, 3.8) is 0 Å². The summed E-state index contributed by atoms with van der Waals surface area (Å²) in [7, 11) is 0. The van der Waals surface area contributed by atoms with E-state index in [2.05, 4.69) is 5.32 Å². The molecule has 4 heteroatoms. The van der Waals surface area contributed by atoms with E-state index in [1.54, 1.807) is 12.3 Å². The molecule has 0 atom stereocenters. The molecule has 4 nitrogen and oxygen atoms in total. The molecule has 1 aromatic carbocycles. The predicted molar refractivity (Wildman–Crippen MR) is 58.3 cm³/mol. The van der Waals surface area contributed by atoms with Gasteiger partial charge >= 0.3 is 0 Å². The molecule has 1 heterocycles. The lowest BCUT2D eigenvalue weighted by Crippen LogP contribution is -2.21. The summed E-state index contributed by atoms with van der Waals surface area (Å²) in [6.45, 7) is 0.386. The third-order valence-electron chi connectivity index (χ3n) is 2.28. The fourth-order valence-corrected chi connectivity index (χ4v) is 1.50. The number of amides is 1. The lowest BCUT2D eigenvalue weighted by atomic mass is 10.2. The van der Waals surface area contributed by atoms with Gasteiger partial charge in [0.05, 0.1) is 12.3 Å². The highest BCUT2D eigenvalue weighted by Gasteiger charge is 2.06. The number of nitrogens with one attached hydrogen (secondary N) is 1. The van der Waals surface area contributed by atoms with E-state index in [4.69, 9.17) is 9.68 Å². The Morgan fingerprint density at radius 1 is 1.44 bits per heavy atom. The number of fused-ring (bicyclic) bond motifs is 1. The summed E-state index contributed by atoms with van der Waals surface area (Å²) in [6, 6.07) is 9.41. The molecule has 80 valence electrons. The molecule has 1 N–H and O–H groups in total. The van der Waals surface area contributed by atoms with E-state index < -0.39 is 0 Å². The summed E-state index contributed by atoms with van der Waals surface area (Å²) in [5.74, 6) is -0.271. The smallest absolute Gasteiger partial charge is 0.234 e. The quantitative estimate of drug-likeness (QED) is 0.849. The zero-order valence-electron chi connectivity index (χ0n) is 8.56. The van der Waals surface area contributed by atoms with Gasteiger partial charge in [-0.25, -0.2) is 0 Å². The highest BCUT2D eigenvalue weighted by Crippen LogP contribution is 2.20. The molecule has 0 radical (unpaired) electrons. The number of rotatable bonds is 3. The van der Waals surface area contributed by atoms with Crippen LogP contribution in [-0.4, -0.2) is 5.91 Å². The van der Waals surface area contributed by atoms with E-state index in [-0.39, 0.29) is 12.3 Å². The molecular formula is C12H10N2O2. The molecule has 0 aliphatic heterocycles. The van der Waals surface area contributed by atoms with Crippen molar-refractivity contribution in [1.29, 1.82) is 5.26 Å². The number of nitriles is 1. The maximum atomic E-state index is 11.1. The Hall–Kier alpha value is -2.28. The molecule has 0 saturated carbocycles. The van der Waals surface area contributed by atoms with Crippen molar-refractivity contribution >= 4 is 16.9 Å². The van der Waals surface area contributed by atoms with Gasteiger partial charge in [-0.05, 0) is 6.07 Å². The lowest BCUT2D eigenvalue weighted by Gasteiger charge is -1.99. The van der Waals surface area contributed by atoms with Crippen molar-refractivity contribution in [2.75, 3.05) is 0 Å². The largest absolute Gasteiger partial charge is 0.464 e. The number of hydrogen-bond donors (Lipinski definition) is 1. The Labute approximate surface area is 92.5 Å². The Kier molecular flexibility index (Phi) is 2.88. The minimum atomic E-state index is -0.271. The number of carbonyl (C=O) groups excluding carboxylic acids is 1. The minimum Gasteiger partial charge on any atom is -0.464 e. The average Bonchev–Trinajstić information content (AvgIpc) is 2.70. The molecule has 0 saturated heterocycles. The molecule has 1 amide bonds. The van der Waals surface area contributed by atoms with E-state index in [1.807, 2.05) is 24.3 Å². The van der Waals surface area contributed by atoms with Crippen LogP contribution in [0.25, 0.3) is 11.0 Å². The summed E-state index contributed by atoms with van der Waals surface area (Å²) >= 11 is 0. The van der Waals surface area contributed by atoms with Crippen molar-refractivity contribution < 1.29 is 9.21 Å². The van der Waals surface area contributed by atoms with Crippen LogP contribution in [0.2, 0.25) is 0 Å². The standard InChI is InChI=1S/C12H10N2O2/c13-6-5-12(15)14-7-9-8-16-11-4-2-1-3-10(9)11/h1-4,8H,5,7H2,(H,14,15). The minimum absolute atomic E-state index is 0.115. The predicted octanol–water partition coefficient (Wildman–Crippen LogP) is 1.96. The van der Waals surface area contributed by atoms with Crippen LogP contribution in [-0.2, 0) is 11.3 Å². The topological polar surface area (TPSA) is 66.0 Å². The highest BCUT2D eigenvalue weighted by molar-refractivity contribution is 5.82. The van der Waals surface area contributed by atoms with E-state index >= 15 is 0 Å². The summed E-state index contributed by atoms with van der Waals surface area (Å²) in [4.78, 5) is 11.1. The second kappa shape index (κ2) is 4.49. The number of furan rings is 1. The first-order valence-corrected chi connectivity index (χ1v) is 4.90. The van der Waals surface area contributed by atoms with Gasteiger partial charge in [0.25, 0.3) is 0 Å². The van der Waals surface area contributed by atoms with Crippen LogP contribution in [0.15, 0.2) is 34.9 Å². The molecule has 0 unspecified atom stereocenters. The lowest BCUT2D eigenvalue weighted by molar-refractivity contribution is -0.120.